The Morgan fingerprint density at radius 2 is 1.43 bits per heavy atom. The topological polar surface area (TPSA) is 75.7 Å². The van der Waals surface area contributed by atoms with Crippen LogP contribution in [0.1, 0.15) is 21.5 Å². The second-order valence-corrected chi connectivity index (χ2v) is 9.78. The van der Waals surface area contributed by atoms with Crippen molar-refractivity contribution in [1.82, 2.24) is 0 Å². The van der Waals surface area contributed by atoms with Gasteiger partial charge >= 0.3 is 0 Å². The smallest absolute Gasteiger partial charge is 0.264 e. The van der Waals surface area contributed by atoms with E-state index in [9.17, 15) is 13.2 Å². The lowest BCUT2D eigenvalue weighted by Gasteiger charge is -2.26. The molecule has 0 radical (unpaired) electrons. The van der Waals surface area contributed by atoms with E-state index in [-0.39, 0.29) is 17.0 Å². The lowest BCUT2D eigenvalue weighted by molar-refractivity contribution is 0.102. The minimum Gasteiger partial charge on any atom is -0.380 e. The Balaban J connectivity index is 1.75. The summed E-state index contributed by atoms with van der Waals surface area (Å²) < 4.78 is 34.0. The molecule has 0 unspecified atom stereocenters. The highest BCUT2D eigenvalue weighted by Crippen LogP contribution is 2.30. The van der Waals surface area contributed by atoms with Crippen molar-refractivity contribution in [2.75, 3.05) is 16.7 Å². The number of ether oxygens (including phenoxy) is 1. The van der Waals surface area contributed by atoms with Crippen molar-refractivity contribution in [2.24, 2.45) is 0 Å². The van der Waals surface area contributed by atoms with E-state index in [0.717, 1.165) is 11.1 Å². The molecule has 0 bridgehead atoms. The van der Waals surface area contributed by atoms with Crippen LogP contribution in [0.4, 0.5) is 11.4 Å². The zero-order chi connectivity index (χ0) is 24.7. The summed E-state index contributed by atoms with van der Waals surface area (Å²) in [5, 5.41) is 2.89. The molecular weight excluding hydrogens is 460 g/mol. The fourth-order valence-corrected chi connectivity index (χ4v) is 5.25. The number of nitrogens with one attached hydrogen (secondary N) is 1. The van der Waals surface area contributed by atoms with Gasteiger partial charge in [0.05, 0.1) is 29.3 Å². The molecule has 7 heteroatoms. The molecule has 0 aliphatic heterocycles. The monoisotopic (exact) mass is 486 g/mol. The molecule has 1 amide bonds. The van der Waals surface area contributed by atoms with Crippen LogP contribution in [-0.2, 0) is 27.9 Å². The van der Waals surface area contributed by atoms with Gasteiger partial charge in [0, 0.05) is 12.8 Å². The molecule has 0 heterocycles. The molecule has 4 rings (SSSR count). The number of hydrogen-bond acceptors (Lipinski definition) is 4. The molecule has 0 atom stereocenters. The minimum atomic E-state index is -3.96. The summed E-state index contributed by atoms with van der Waals surface area (Å²) in [4.78, 5) is 13.5. The Morgan fingerprint density at radius 3 is 2.14 bits per heavy atom. The van der Waals surface area contributed by atoms with Crippen LogP contribution in [0.5, 0.6) is 0 Å². The maximum absolute atomic E-state index is 13.8. The fourth-order valence-electron chi connectivity index (χ4n) is 3.76. The maximum Gasteiger partial charge on any atom is 0.264 e. The van der Waals surface area contributed by atoms with Crippen molar-refractivity contribution in [3.8, 4) is 0 Å². The standard InChI is InChI=1S/C28H26N2O4S/c1-34-21-23-13-10-14-24(19-23)29-28(31)26-17-8-9-18-27(26)30(20-22-11-4-2-5-12-22)35(32,33)25-15-6-3-7-16-25/h2-19H,20-21H2,1H3,(H,29,31). The van der Waals surface area contributed by atoms with Crippen LogP contribution in [0.25, 0.3) is 0 Å². The molecule has 35 heavy (non-hydrogen) atoms. The predicted octanol–water partition coefficient (Wildman–Crippen LogP) is 5.48. The van der Waals surface area contributed by atoms with E-state index in [4.69, 9.17) is 4.74 Å². The molecule has 1 N–H and O–H groups in total. The number of carbonyl (C=O) groups excluding carboxylic acids is 1. The molecule has 0 saturated carbocycles. The highest BCUT2D eigenvalue weighted by atomic mass is 32.2. The van der Waals surface area contributed by atoms with Crippen LogP contribution in [0.15, 0.2) is 114 Å². The average molecular weight is 487 g/mol. The average Bonchev–Trinajstić information content (AvgIpc) is 2.89. The van der Waals surface area contributed by atoms with Crippen LogP contribution in [0.2, 0.25) is 0 Å². The van der Waals surface area contributed by atoms with Crippen molar-refractivity contribution < 1.29 is 17.9 Å². The van der Waals surface area contributed by atoms with Crippen molar-refractivity contribution >= 4 is 27.3 Å². The summed E-state index contributed by atoms with van der Waals surface area (Å²) in [5.41, 5.74) is 2.86. The number of rotatable bonds is 9. The van der Waals surface area contributed by atoms with Crippen LogP contribution in [-0.4, -0.2) is 21.4 Å². The second kappa shape index (κ2) is 11.0. The highest BCUT2D eigenvalue weighted by Gasteiger charge is 2.28. The fraction of sp³-hybridized carbons (Fsp3) is 0.107. The van der Waals surface area contributed by atoms with Crippen molar-refractivity contribution in [1.29, 1.82) is 0 Å². The van der Waals surface area contributed by atoms with Gasteiger partial charge in [0.1, 0.15) is 0 Å². The second-order valence-electron chi connectivity index (χ2n) is 7.91. The third-order valence-electron chi connectivity index (χ3n) is 5.41. The first-order chi connectivity index (χ1) is 17.0. The summed E-state index contributed by atoms with van der Waals surface area (Å²) in [6.07, 6.45) is 0. The summed E-state index contributed by atoms with van der Waals surface area (Å²) in [5.74, 6) is -0.406. The van der Waals surface area contributed by atoms with Crippen molar-refractivity contribution in [3.05, 3.63) is 126 Å². The van der Waals surface area contributed by atoms with E-state index in [0.29, 0.717) is 18.0 Å². The van der Waals surface area contributed by atoms with Gasteiger partial charge in [-0.2, -0.15) is 0 Å². The number of carbonyl (C=O) groups is 1. The molecular formula is C28H26N2O4S. The Kier molecular flexibility index (Phi) is 7.60. The van der Waals surface area contributed by atoms with Gasteiger partial charge in [-0.25, -0.2) is 8.42 Å². The Bertz CT molecular complexity index is 1390. The number of amides is 1. The first-order valence-corrected chi connectivity index (χ1v) is 12.5. The molecule has 4 aromatic carbocycles. The van der Waals surface area contributed by atoms with Crippen LogP contribution in [0.3, 0.4) is 0 Å². The van der Waals surface area contributed by atoms with Gasteiger partial charge < -0.3 is 10.1 Å². The minimum absolute atomic E-state index is 0.0751. The Hall–Kier alpha value is -3.94. The van der Waals surface area contributed by atoms with Crippen LogP contribution in [0, 0.1) is 0 Å². The van der Waals surface area contributed by atoms with Crippen molar-refractivity contribution in [3.63, 3.8) is 0 Å². The number of hydrogen-bond donors (Lipinski definition) is 1. The lowest BCUT2D eigenvalue weighted by Crippen LogP contribution is -2.32. The summed E-state index contributed by atoms with van der Waals surface area (Å²) in [6.45, 7) is 0.492. The van der Waals surface area contributed by atoms with Crippen LogP contribution >= 0.6 is 0 Å². The number of nitrogens with zero attached hydrogens (tertiary/aromatic N) is 1. The molecule has 0 aromatic heterocycles. The van der Waals surface area contributed by atoms with Gasteiger partial charge in [-0.3, -0.25) is 9.10 Å². The molecule has 0 fully saturated rings. The third-order valence-corrected chi connectivity index (χ3v) is 7.19. The molecule has 178 valence electrons. The summed E-state index contributed by atoms with van der Waals surface area (Å²) in [7, 11) is -2.35. The molecule has 0 aliphatic rings. The van der Waals surface area contributed by atoms with E-state index in [1.54, 1.807) is 67.8 Å². The lowest BCUT2D eigenvalue weighted by atomic mass is 10.1. The van der Waals surface area contributed by atoms with Gasteiger partial charge in [-0.15, -0.1) is 0 Å². The Labute approximate surface area is 205 Å². The van der Waals surface area contributed by atoms with E-state index in [1.807, 2.05) is 48.5 Å². The van der Waals surface area contributed by atoms with E-state index in [2.05, 4.69) is 5.32 Å². The van der Waals surface area contributed by atoms with Gasteiger partial charge in [-0.1, -0.05) is 72.8 Å². The predicted molar refractivity (Wildman–Crippen MR) is 138 cm³/mol. The third kappa shape index (κ3) is 5.77. The zero-order valence-electron chi connectivity index (χ0n) is 19.3. The van der Waals surface area contributed by atoms with E-state index < -0.39 is 15.9 Å². The number of anilines is 2. The molecule has 0 aliphatic carbocycles. The highest BCUT2D eigenvalue weighted by molar-refractivity contribution is 7.92. The number of methoxy groups -OCH3 is 1. The van der Waals surface area contributed by atoms with Gasteiger partial charge in [0.25, 0.3) is 15.9 Å². The largest absolute Gasteiger partial charge is 0.380 e. The SMILES string of the molecule is COCc1cccc(NC(=O)c2ccccc2N(Cc2ccccc2)S(=O)(=O)c2ccccc2)c1. The molecule has 4 aromatic rings. The summed E-state index contributed by atoms with van der Waals surface area (Å²) in [6, 6.07) is 31.6. The maximum atomic E-state index is 13.8. The first kappa shape index (κ1) is 24.2. The van der Waals surface area contributed by atoms with E-state index >= 15 is 0 Å². The molecule has 0 saturated heterocycles. The summed E-state index contributed by atoms with van der Waals surface area (Å²) >= 11 is 0. The van der Waals surface area contributed by atoms with Gasteiger partial charge in [0.2, 0.25) is 0 Å². The van der Waals surface area contributed by atoms with Gasteiger partial charge in [-0.05, 0) is 47.5 Å². The van der Waals surface area contributed by atoms with Crippen molar-refractivity contribution in [2.45, 2.75) is 18.0 Å². The van der Waals surface area contributed by atoms with Crippen LogP contribution < -0.4 is 9.62 Å². The first-order valence-electron chi connectivity index (χ1n) is 11.1. The molecule has 0 spiro atoms. The normalized spacial score (nSPS) is 11.1. The zero-order valence-corrected chi connectivity index (χ0v) is 20.1. The number of sulfonamides is 1. The Morgan fingerprint density at radius 1 is 0.800 bits per heavy atom. The van der Waals surface area contributed by atoms with Gasteiger partial charge in [0.15, 0.2) is 0 Å². The number of benzene rings is 4. The molecule has 6 nitrogen and oxygen atoms in total. The van der Waals surface area contributed by atoms with E-state index in [1.165, 1.54) is 4.31 Å². The number of para-hydroxylation sites is 1. The quantitative estimate of drug-likeness (QED) is 0.340.